The Morgan fingerprint density at radius 1 is 1.15 bits per heavy atom. The first-order valence-corrected chi connectivity index (χ1v) is 10.1. The average Bonchev–Trinajstić information content (AvgIpc) is 3.13. The van der Waals surface area contributed by atoms with Crippen molar-refractivity contribution < 1.29 is 34.0 Å². The third-order valence-corrected chi connectivity index (χ3v) is 5.39. The molecule has 33 heavy (non-hydrogen) atoms. The van der Waals surface area contributed by atoms with Crippen LogP contribution in [0.15, 0.2) is 60.6 Å². The van der Waals surface area contributed by atoms with E-state index in [1.54, 1.807) is 36.7 Å². The Morgan fingerprint density at radius 2 is 1.97 bits per heavy atom. The third kappa shape index (κ3) is 4.23. The molecule has 0 amide bonds. The van der Waals surface area contributed by atoms with E-state index in [0.717, 1.165) is 0 Å². The van der Waals surface area contributed by atoms with Gasteiger partial charge in [-0.1, -0.05) is 12.1 Å². The topological polar surface area (TPSA) is 115 Å². The van der Waals surface area contributed by atoms with E-state index in [1.165, 1.54) is 38.5 Å². The lowest BCUT2D eigenvalue weighted by Crippen LogP contribution is -2.11. The van der Waals surface area contributed by atoms with Gasteiger partial charge in [-0.2, -0.15) is 0 Å². The van der Waals surface area contributed by atoms with Crippen molar-refractivity contribution in [3.05, 3.63) is 82.9 Å². The van der Waals surface area contributed by atoms with E-state index in [0.29, 0.717) is 22.4 Å². The van der Waals surface area contributed by atoms with Crippen molar-refractivity contribution in [3.8, 4) is 23.0 Å². The molecule has 2 heterocycles. The second kappa shape index (κ2) is 9.04. The van der Waals surface area contributed by atoms with E-state index < -0.39 is 11.9 Å². The first kappa shape index (κ1) is 21.9. The summed E-state index contributed by atoms with van der Waals surface area (Å²) >= 11 is 0. The van der Waals surface area contributed by atoms with Crippen molar-refractivity contribution in [2.75, 3.05) is 14.2 Å². The Bertz CT molecular complexity index is 1250. The number of pyridine rings is 1. The maximum absolute atomic E-state index is 13.0. The Balaban J connectivity index is 1.79. The lowest BCUT2D eigenvalue weighted by molar-refractivity contribution is -0.140. The molecule has 0 fully saturated rings. The van der Waals surface area contributed by atoms with Crippen LogP contribution in [0.25, 0.3) is 6.08 Å². The number of hydrogen-bond acceptors (Lipinski definition) is 8. The molecule has 1 aromatic heterocycles. The van der Waals surface area contributed by atoms with Gasteiger partial charge in [-0.25, -0.2) is 0 Å². The number of nitrogens with zero attached hydrogens (tertiary/aromatic N) is 1. The van der Waals surface area contributed by atoms with Gasteiger partial charge in [0.15, 0.2) is 17.3 Å². The number of benzene rings is 2. The molecule has 0 spiro atoms. The maximum Gasteiger partial charge on any atom is 0.306 e. The number of aromatic hydroxyl groups is 2. The molecule has 8 heteroatoms. The summed E-state index contributed by atoms with van der Waals surface area (Å²) < 4.78 is 15.8. The summed E-state index contributed by atoms with van der Waals surface area (Å²) in [5.41, 5.74) is 1.72. The molecule has 0 unspecified atom stereocenters. The van der Waals surface area contributed by atoms with Crippen molar-refractivity contribution >= 4 is 17.8 Å². The predicted molar refractivity (Wildman–Crippen MR) is 118 cm³/mol. The van der Waals surface area contributed by atoms with Gasteiger partial charge in [0, 0.05) is 23.9 Å². The molecular weight excluding hydrogens is 426 g/mol. The van der Waals surface area contributed by atoms with Gasteiger partial charge in [0.2, 0.25) is 5.78 Å². The fourth-order valence-electron chi connectivity index (χ4n) is 3.77. The number of allylic oxidation sites excluding steroid dienone is 1. The van der Waals surface area contributed by atoms with Gasteiger partial charge in [-0.3, -0.25) is 14.6 Å². The van der Waals surface area contributed by atoms with Gasteiger partial charge in [0.1, 0.15) is 11.5 Å². The zero-order valence-electron chi connectivity index (χ0n) is 17.9. The van der Waals surface area contributed by atoms with Crippen LogP contribution >= 0.6 is 0 Å². The SMILES string of the molecule is COC(=O)C[C@H](c1cccnc1)c1c(O)ccc2c1O/C(=C\c1ccc(OC)c(O)c1)C2=O. The van der Waals surface area contributed by atoms with Crippen molar-refractivity contribution in [2.24, 2.45) is 0 Å². The van der Waals surface area contributed by atoms with E-state index in [-0.39, 0.29) is 40.8 Å². The van der Waals surface area contributed by atoms with Crippen LogP contribution in [0.4, 0.5) is 0 Å². The molecule has 2 aromatic carbocycles. The highest BCUT2D eigenvalue weighted by Gasteiger charge is 2.35. The van der Waals surface area contributed by atoms with Crippen LogP contribution < -0.4 is 9.47 Å². The number of methoxy groups -OCH3 is 2. The number of carbonyl (C=O) groups is 2. The molecule has 0 saturated heterocycles. The zero-order chi connectivity index (χ0) is 23.5. The van der Waals surface area contributed by atoms with E-state index in [9.17, 15) is 19.8 Å². The number of fused-ring (bicyclic) bond motifs is 1. The summed E-state index contributed by atoms with van der Waals surface area (Å²) in [5.74, 6) is -1.25. The molecule has 168 valence electrons. The number of rotatable bonds is 6. The van der Waals surface area contributed by atoms with Gasteiger partial charge in [-0.05, 0) is 47.5 Å². The largest absolute Gasteiger partial charge is 0.508 e. The van der Waals surface area contributed by atoms with Gasteiger partial charge in [0.25, 0.3) is 0 Å². The Kier molecular flexibility index (Phi) is 5.99. The highest BCUT2D eigenvalue weighted by molar-refractivity contribution is 6.15. The molecule has 1 atom stereocenters. The van der Waals surface area contributed by atoms with Gasteiger partial charge >= 0.3 is 5.97 Å². The van der Waals surface area contributed by atoms with E-state index >= 15 is 0 Å². The highest BCUT2D eigenvalue weighted by atomic mass is 16.5. The number of hydrogen-bond donors (Lipinski definition) is 2. The number of phenols is 2. The molecular formula is C25H21NO7. The van der Waals surface area contributed by atoms with Gasteiger partial charge < -0.3 is 24.4 Å². The summed E-state index contributed by atoms with van der Waals surface area (Å²) in [7, 11) is 2.72. The molecule has 0 saturated carbocycles. The minimum Gasteiger partial charge on any atom is -0.508 e. The molecule has 0 bridgehead atoms. The van der Waals surface area contributed by atoms with Crippen molar-refractivity contribution in [3.63, 3.8) is 0 Å². The first-order chi connectivity index (χ1) is 15.9. The highest BCUT2D eigenvalue weighted by Crippen LogP contribution is 2.46. The minimum absolute atomic E-state index is 0.0180. The van der Waals surface area contributed by atoms with Crippen LogP contribution in [0.1, 0.15) is 39.4 Å². The van der Waals surface area contributed by atoms with Crippen LogP contribution in [-0.2, 0) is 9.53 Å². The van der Waals surface area contributed by atoms with Crippen LogP contribution in [-0.4, -0.2) is 41.2 Å². The molecule has 2 N–H and O–H groups in total. The number of esters is 1. The maximum atomic E-state index is 13.0. The van der Waals surface area contributed by atoms with Crippen molar-refractivity contribution in [1.29, 1.82) is 0 Å². The molecule has 0 aliphatic carbocycles. The van der Waals surface area contributed by atoms with Gasteiger partial charge in [0.05, 0.1) is 26.2 Å². The molecule has 0 radical (unpaired) electrons. The summed E-state index contributed by atoms with van der Waals surface area (Å²) in [6.07, 6.45) is 4.58. The van der Waals surface area contributed by atoms with Crippen molar-refractivity contribution in [1.82, 2.24) is 4.98 Å². The van der Waals surface area contributed by atoms with Crippen LogP contribution in [0.3, 0.4) is 0 Å². The Labute approximate surface area is 189 Å². The number of ketones is 1. The average molecular weight is 447 g/mol. The smallest absolute Gasteiger partial charge is 0.306 e. The summed E-state index contributed by atoms with van der Waals surface area (Å²) in [4.78, 5) is 29.3. The molecule has 1 aliphatic rings. The molecule has 4 rings (SSSR count). The second-order valence-electron chi connectivity index (χ2n) is 7.37. The predicted octanol–water partition coefficient (Wildman–Crippen LogP) is 3.81. The quantitative estimate of drug-likeness (QED) is 0.433. The normalized spacial score (nSPS) is 14.5. The summed E-state index contributed by atoms with van der Waals surface area (Å²) in [6.45, 7) is 0. The first-order valence-electron chi connectivity index (χ1n) is 10.1. The van der Waals surface area contributed by atoms with Crippen LogP contribution in [0.5, 0.6) is 23.0 Å². The number of Topliss-reactive ketones (excluding diaryl/α,β-unsaturated/α-hetero) is 1. The number of phenolic OH excluding ortho intramolecular Hbond substituents is 2. The molecule has 8 nitrogen and oxygen atoms in total. The monoisotopic (exact) mass is 447 g/mol. The standard InChI is InChI=1S/C25H21NO7/c1-31-20-8-5-14(10-19(20)28)11-21-24(30)16-6-7-18(27)23(25(16)33-21)17(12-22(29)32-2)15-4-3-9-26-13-15/h3-11,13,17,27-28H,12H2,1-2H3/b21-11-/t17-/m1/s1. The number of ether oxygens (including phenoxy) is 3. The van der Waals surface area contributed by atoms with E-state index in [2.05, 4.69) is 4.98 Å². The molecule has 3 aromatic rings. The van der Waals surface area contributed by atoms with E-state index in [4.69, 9.17) is 14.2 Å². The number of carbonyl (C=O) groups excluding carboxylic acids is 2. The third-order valence-electron chi connectivity index (χ3n) is 5.39. The van der Waals surface area contributed by atoms with Crippen molar-refractivity contribution in [2.45, 2.75) is 12.3 Å². The van der Waals surface area contributed by atoms with Crippen LogP contribution in [0, 0.1) is 0 Å². The van der Waals surface area contributed by atoms with Crippen LogP contribution in [0.2, 0.25) is 0 Å². The lowest BCUT2D eigenvalue weighted by Gasteiger charge is -2.20. The Hall–Kier alpha value is -4.33. The summed E-state index contributed by atoms with van der Waals surface area (Å²) in [6, 6.07) is 11.0. The van der Waals surface area contributed by atoms with Gasteiger partial charge in [-0.15, -0.1) is 0 Å². The minimum atomic E-state index is -0.654. The molecule has 1 aliphatic heterocycles. The fraction of sp³-hybridized carbons (Fsp3) is 0.160. The Morgan fingerprint density at radius 3 is 2.64 bits per heavy atom. The lowest BCUT2D eigenvalue weighted by atomic mass is 9.87. The fourth-order valence-corrected chi connectivity index (χ4v) is 3.77. The van der Waals surface area contributed by atoms with E-state index in [1.807, 2.05) is 0 Å². The second-order valence-corrected chi connectivity index (χ2v) is 7.37. The number of aromatic nitrogens is 1. The summed E-state index contributed by atoms with van der Waals surface area (Å²) in [5, 5.41) is 20.7. The zero-order valence-corrected chi connectivity index (χ0v) is 17.9.